The van der Waals surface area contributed by atoms with Gasteiger partial charge in [0.25, 0.3) is 0 Å². The fourth-order valence-electron chi connectivity index (χ4n) is 1.98. The Morgan fingerprint density at radius 2 is 1.58 bits per heavy atom. The second-order valence-corrected chi connectivity index (χ2v) is 20.8. The standard InChI is InChI=1S/C5H10N3.3CH3.Sn/c1-2-7-4-6-5-8(7)3-1;;;;/h1,6H,2-5H2;3*1H3;. The van der Waals surface area contributed by atoms with Gasteiger partial charge in [-0.2, -0.15) is 0 Å². The maximum absolute atomic E-state index is 3.37. The van der Waals surface area contributed by atoms with Gasteiger partial charge >= 0.3 is 78.9 Å². The van der Waals surface area contributed by atoms with Crippen molar-refractivity contribution in [2.24, 2.45) is 0 Å². The number of rotatable bonds is 1. The van der Waals surface area contributed by atoms with Gasteiger partial charge in [0.2, 0.25) is 0 Å². The van der Waals surface area contributed by atoms with Crippen LogP contribution in [0.15, 0.2) is 0 Å². The molecule has 2 heterocycles. The molecule has 3 nitrogen and oxygen atoms in total. The average Bonchev–Trinajstić information content (AvgIpc) is 2.37. The molecule has 0 saturated carbocycles. The summed E-state index contributed by atoms with van der Waals surface area (Å²) in [7, 11) is 0. The third kappa shape index (κ3) is 1.64. The van der Waals surface area contributed by atoms with Crippen molar-refractivity contribution < 1.29 is 0 Å². The quantitative estimate of drug-likeness (QED) is 0.713. The zero-order chi connectivity index (χ0) is 8.77. The molecular formula is C8H19N3Sn. The number of hydrogen-bond acceptors (Lipinski definition) is 3. The van der Waals surface area contributed by atoms with E-state index in [1.165, 1.54) is 13.1 Å². The topological polar surface area (TPSA) is 18.5 Å². The zero-order valence-electron chi connectivity index (χ0n) is 8.30. The molecule has 0 aromatic carbocycles. The first-order chi connectivity index (χ1) is 5.57. The van der Waals surface area contributed by atoms with Gasteiger partial charge in [-0.15, -0.1) is 0 Å². The van der Waals surface area contributed by atoms with Gasteiger partial charge in [0, 0.05) is 0 Å². The van der Waals surface area contributed by atoms with Crippen molar-refractivity contribution in [3.63, 3.8) is 0 Å². The second-order valence-electron chi connectivity index (χ2n) is 5.01. The molecule has 2 saturated heterocycles. The van der Waals surface area contributed by atoms with Crippen LogP contribution in [0.2, 0.25) is 18.8 Å². The van der Waals surface area contributed by atoms with Crippen LogP contribution in [-0.2, 0) is 0 Å². The summed E-state index contributed by atoms with van der Waals surface area (Å²) >= 11 is -1.60. The Bertz CT molecular complexity index is 166. The van der Waals surface area contributed by atoms with Gasteiger partial charge in [-0.05, 0) is 0 Å². The summed E-state index contributed by atoms with van der Waals surface area (Å²) in [4.78, 5) is 7.65. The first-order valence-electron chi connectivity index (χ1n) is 4.78. The summed E-state index contributed by atoms with van der Waals surface area (Å²) in [5.41, 5.74) is 0. The number of nitrogens with one attached hydrogen (secondary N) is 1. The van der Waals surface area contributed by atoms with Crippen molar-refractivity contribution in [1.29, 1.82) is 0 Å². The molecule has 2 rings (SSSR count). The van der Waals surface area contributed by atoms with E-state index >= 15 is 0 Å². The molecule has 0 unspecified atom stereocenters. The molecule has 70 valence electrons. The molecule has 12 heavy (non-hydrogen) atoms. The SMILES string of the molecule is [CH3][Sn]([CH3])([CH3])[CH]1CN2CNCN2C1. The Balaban J connectivity index is 1.99. The van der Waals surface area contributed by atoms with Crippen LogP contribution in [-0.4, -0.2) is 54.8 Å². The predicted octanol–water partition coefficient (Wildman–Crippen LogP) is 0.746. The Morgan fingerprint density at radius 1 is 1.08 bits per heavy atom. The summed E-state index contributed by atoms with van der Waals surface area (Å²) < 4.78 is 1.04. The third-order valence-electron chi connectivity index (χ3n) is 3.08. The summed E-state index contributed by atoms with van der Waals surface area (Å²) in [5.74, 6) is 0. The van der Waals surface area contributed by atoms with Gasteiger partial charge in [-0.3, -0.25) is 0 Å². The fraction of sp³-hybridized carbons (Fsp3) is 1.00. The fourth-order valence-corrected chi connectivity index (χ4v) is 6.31. The molecule has 2 aliphatic heterocycles. The van der Waals surface area contributed by atoms with E-state index in [-0.39, 0.29) is 0 Å². The summed E-state index contributed by atoms with van der Waals surface area (Å²) in [5, 5.41) is 8.33. The van der Waals surface area contributed by atoms with Crippen LogP contribution in [0, 0.1) is 0 Å². The van der Waals surface area contributed by atoms with Crippen LogP contribution in [0.3, 0.4) is 0 Å². The van der Waals surface area contributed by atoms with Crippen molar-refractivity contribution in [3.8, 4) is 0 Å². The molecule has 0 bridgehead atoms. The van der Waals surface area contributed by atoms with E-state index in [2.05, 4.69) is 30.2 Å². The van der Waals surface area contributed by atoms with E-state index in [4.69, 9.17) is 0 Å². The van der Waals surface area contributed by atoms with Crippen molar-refractivity contribution in [2.45, 2.75) is 18.8 Å². The van der Waals surface area contributed by atoms with E-state index in [0.717, 1.165) is 17.3 Å². The van der Waals surface area contributed by atoms with E-state index < -0.39 is 18.4 Å². The normalized spacial score (nSPS) is 28.2. The Kier molecular flexibility index (Phi) is 2.40. The predicted molar refractivity (Wildman–Crippen MR) is 53.4 cm³/mol. The van der Waals surface area contributed by atoms with Gasteiger partial charge in [0.1, 0.15) is 0 Å². The van der Waals surface area contributed by atoms with Crippen molar-refractivity contribution >= 4 is 18.4 Å². The van der Waals surface area contributed by atoms with Gasteiger partial charge in [-0.25, -0.2) is 0 Å². The molecule has 0 radical (unpaired) electrons. The van der Waals surface area contributed by atoms with Gasteiger partial charge < -0.3 is 0 Å². The third-order valence-corrected chi connectivity index (χ3v) is 11.1. The monoisotopic (exact) mass is 277 g/mol. The minimum atomic E-state index is -1.60. The number of hydrogen-bond donors (Lipinski definition) is 1. The maximum atomic E-state index is 3.37. The molecule has 0 aliphatic carbocycles. The van der Waals surface area contributed by atoms with Crippen molar-refractivity contribution in [2.75, 3.05) is 26.4 Å². The summed E-state index contributed by atoms with van der Waals surface area (Å²) in [6.07, 6.45) is 0. The van der Waals surface area contributed by atoms with Crippen molar-refractivity contribution in [1.82, 2.24) is 15.3 Å². The number of nitrogens with zero attached hydrogens (tertiary/aromatic N) is 2. The molecule has 0 aromatic heterocycles. The zero-order valence-corrected chi connectivity index (χ0v) is 11.2. The number of hydrazine groups is 1. The van der Waals surface area contributed by atoms with Crippen LogP contribution >= 0.6 is 0 Å². The molecular weight excluding hydrogens is 257 g/mol. The van der Waals surface area contributed by atoms with Crippen LogP contribution in [0.1, 0.15) is 0 Å². The van der Waals surface area contributed by atoms with Gasteiger partial charge in [0.15, 0.2) is 0 Å². The van der Waals surface area contributed by atoms with E-state index in [1.807, 2.05) is 0 Å². The first-order valence-corrected chi connectivity index (χ1v) is 15.0. The van der Waals surface area contributed by atoms with Gasteiger partial charge in [-0.1, -0.05) is 0 Å². The van der Waals surface area contributed by atoms with Crippen LogP contribution in [0.4, 0.5) is 0 Å². The van der Waals surface area contributed by atoms with Gasteiger partial charge in [0.05, 0.1) is 0 Å². The van der Waals surface area contributed by atoms with E-state index in [1.54, 1.807) is 0 Å². The Morgan fingerprint density at radius 3 is 2.00 bits per heavy atom. The summed E-state index contributed by atoms with van der Waals surface area (Å²) in [6.45, 7) is 4.82. The molecule has 4 heteroatoms. The van der Waals surface area contributed by atoms with Crippen LogP contribution in [0.25, 0.3) is 0 Å². The summed E-state index contributed by atoms with van der Waals surface area (Å²) in [6, 6.07) is 0. The molecule has 1 N–H and O–H groups in total. The minimum absolute atomic E-state index is 1.04. The van der Waals surface area contributed by atoms with E-state index in [0.29, 0.717) is 0 Å². The molecule has 0 spiro atoms. The Labute approximate surface area is 78.9 Å². The van der Waals surface area contributed by atoms with Crippen LogP contribution in [0.5, 0.6) is 0 Å². The van der Waals surface area contributed by atoms with Crippen LogP contribution < -0.4 is 5.32 Å². The molecule has 0 amide bonds. The molecule has 2 aliphatic rings. The van der Waals surface area contributed by atoms with Crippen molar-refractivity contribution in [3.05, 3.63) is 0 Å². The number of fused-ring (bicyclic) bond motifs is 1. The molecule has 2 fully saturated rings. The Hall–Kier alpha value is 0.679. The second kappa shape index (κ2) is 3.11. The van der Waals surface area contributed by atoms with E-state index in [9.17, 15) is 0 Å². The first kappa shape index (κ1) is 9.24. The molecule has 0 atom stereocenters. The molecule has 0 aromatic rings. The average molecular weight is 276 g/mol.